The summed E-state index contributed by atoms with van der Waals surface area (Å²) in [7, 11) is 0. The lowest BCUT2D eigenvalue weighted by Crippen LogP contribution is -2.33. The normalized spacial score (nSPS) is 17.1. The van der Waals surface area contributed by atoms with Gasteiger partial charge in [-0.05, 0) is 37.1 Å². The number of rotatable bonds is 6. The van der Waals surface area contributed by atoms with E-state index in [1.54, 1.807) is 23.1 Å². The summed E-state index contributed by atoms with van der Waals surface area (Å²) in [5, 5.41) is 3.22. The monoisotopic (exact) mass is 414 g/mol. The maximum atomic E-state index is 12.5. The van der Waals surface area contributed by atoms with Gasteiger partial charge < -0.3 is 15.0 Å². The average Bonchev–Trinajstić information content (AvgIpc) is 3.06. The molecule has 0 spiro atoms. The van der Waals surface area contributed by atoms with Crippen LogP contribution in [0.3, 0.4) is 0 Å². The van der Waals surface area contributed by atoms with Gasteiger partial charge in [0.1, 0.15) is 0 Å². The van der Waals surface area contributed by atoms with Crippen LogP contribution in [0.4, 0.5) is 5.69 Å². The molecule has 0 aliphatic carbocycles. The average molecular weight is 415 g/mol. The van der Waals surface area contributed by atoms with Crippen molar-refractivity contribution in [3.63, 3.8) is 0 Å². The Morgan fingerprint density at radius 3 is 2.69 bits per heavy atom. The second-order valence-corrected chi connectivity index (χ2v) is 7.62. The second kappa shape index (κ2) is 9.09. The van der Waals surface area contributed by atoms with Crippen molar-refractivity contribution in [2.24, 2.45) is 5.92 Å². The Hall–Kier alpha value is -2.86. The molecule has 1 saturated heterocycles. The second-order valence-electron chi connectivity index (χ2n) is 7.19. The van der Waals surface area contributed by atoms with E-state index >= 15 is 0 Å². The molecule has 1 aliphatic heterocycles. The van der Waals surface area contributed by atoms with Gasteiger partial charge >= 0.3 is 5.97 Å². The molecular weight excluding hydrogens is 392 g/mol. The Balaban J connectivity index is 1.54. The fourth-order valence-corrected chi connectivity index (χ4v) is 3.35. The van der Waals surface area contributed by atoms with E-state index in [1.807, 2.05) is 37.3 Å². The predicted molar refractivity (Wildman–Crippen MR) is 110 cm³/mol. The zero-order valence-corrected chi connectivity index (χ0v) is 17.1. The van der Waals surface area contributed by atoms with E-state index < -0.39 is 23.9 Å². The van der Waals surface area contributed by atoms with Gasteiger partial charge in [0, 0.05) is 30.2 Å². The molecule has 0 aromatic heterocycles. The maximum Gasteiger partial charge on any atom is 0.312 e. The van der Waals surface area contributed by atoms with Crippen LogP contribution in [-0.2, 0) is 25.7 Å². The molecule has 2 amide bonds. The van der Waals surface area contributed by atoms with E-state index in [-0.39, 0.29) is 18.9 Å². The first kappa shape index (κ1) is 20.9. The van der Waals surface area contributed by atoms with Gasteiger partial charge in [-0.2, -0.15) is 0 Å². The van der Waals surface area contributed by atoms with Crippen molar-refractivity contribution in [1.29, 1.82) is 0 Å². The molecular formula is C22H23ClN2O4. The number of aryl methyl sites for hydroxylation is 1. The van der Waals surface area contributed by atoms with Crippen LogP contribution in [0.5, 0.6) is 0 Å². The number of ether oxygens (including phenoxy) is 1. The lowest BCUT2D eigenvalue weighted by atomic mass is 10.1. The standard InChI is InChI=1S/C22H23ClN2O4/c1-14-8-9-18(23)11-19(14)24-21(27)15(2)29-22(28)17-10-20(26)25(13-17)12-16-6-4-3-5-7-16/h3-9,11,15,17H,10,12-13H2,1-2H3,(H,24,27). The van der Waals surface area contributed by atoms with Gasteiger partial charge in [0.15, 0.2) is 6.10 Å². The van der Waals surface area contributed by atoms with Crippen LogP contribution in [0.15, 0.2) is 48.5 Å². The lowest BCUT2D eigenvalue weighted by Gasteiger charge is -2.18. The number of carbonyl (C=O) groups excluding carboxylic acids is 3. The number of esters is 1. The number of hydrogen-bond acceptors (Lipinski definition) is 4. The van der Waals surface area contributed by atoms with Gasteiger partial charge in [0.25, 0.3) is 5.91 Å². The SMILES string of the molecule is Cc1ccc(Cl)cc1NC(=O)C(C)OC(=O)C1CC(=O)N(Cc2ccccc2)C1. The summed E-state index contributed by atoms with van der Waals surface area (Å²) in [5.74, 6) is -1.66. The molecule has 2 aromatic rings. The zero-order valence-electron chi connectivity index (χ0n) is 16.4. The Morgan fingerprint density at radius 2 is 1.97 bits per heavy atom. The molecule has 3 rings (SSSR count). The van der Waals surface area contributed by atoms with Crippen LogP contribution in [0.1, 0.15) is 24.5 Å². The predicted octanol–water partition coefficient (Wildman–Crippen LogP) is 3.57. The summed E-state index contributed by atoms with van der Waals surface area (Å²) in [6.07, 6.45) is -0.896. The van der Waals surface area contributed by atoms with Crippen LogP contribution in [0.25, 0.3) is 0 Å². The topological polar surface area (TPSA) is 75.7 Å². The Labute approximate surface area is 174 Å². The molecule has 0 saturated carbocycles. The largest absolute Gasteiger partial charge is 0.452 e. The molecule has 1 aliphatic rings. The van der Waals surface area contributed by atoms with Gasteiger partial charge in [-0.25, -0.2) is 0 Å². The van der Waals surface area contributed by atoms with E-state index in [2.05, 4.69) is 5.32 Å². The first-order valence-corrected chi connectivity index (χ1v) is 9.80. The third kappa shape index (κ3) is 5.35. The molecule has 2 aromatic carbocycles. The number of carbonyl (C=O) groups is 3. The molecule has 1 fully saturated rings. The summed E-state index contributed by atoms with van der Waals surface area (Å²) >= 11 is 5.96. The van der Waals surface area contributed by atoms with Crippen LogP contribution >= 0.6 is 11.6 Å². The van der Waals surface area contributed by atoms with Crippen molar-refractivity contribution >= 4 is 35.1 Å². The molecule has 0 radical (unpaired) electrons. The van der Waals surface area contributed by atoms with Gasteiger partial charge in [-0.15, -0.1) is 0 Å². The number of hydrogen-bond donors (Lipinski definition) is 1. The maximum absolute atomic E-state index is 12.5. The van der Waals surface area contributed by atoms with E-state index in [0.29, 0.717) is 17.3 Å². The molecule has 1 heterocycles. The molecule has 0 bridgehead atoms. The van der Waals surface area contributed by atoms with Gasteiger partial charge in [-0.3, -0.25) is 14.4 Å². The minimum absolute atomic E-state index is 0.0907. The number of benzene rings is 2. The van der Waals surface area contributed by atoms with Crippen molar-refractivity contribution in [1.82, 2.24) is 4.90 Å². The van der Waals surface area contributed by atoms with Crippen molar-refractivity contribution in [2.45, 2.75) is 32.9 Å². The van der Waals surface area contributed by atoms with Gasteiger partial charge in [0.05, 0.1) is 5.92 Å². The molecule has 2 unspecified atom stereocenters. The first-order valence-electron chi connectivity index (χ1n) is 9.42. The minimum Gasteiger partial charge on any atom is -0.452 e. The third-order valence-corrected chi connectivity index (χ3v) is 5.12. The van der Waals surface area contributed by atoms with Crippen LogP contribution in [0, 0.1) is 12.8 Å². The van der Waals surface area contributed by atoms with Crippen LogP contribution in [0.2, 0.25) is 5.02 Å². The lowest BCUT2D eigenvalue weighted by molar-refractivity contribution is -0.157. The van der Waals surface area contributed by atoms with Crippen molar-refractivity contribution < 1.29 is 19.1 Å². The Bertz CT molecular complexity index is 916. The highest BCUT2D eigenvalue weighted by Gasteiger charge is 2.36. The van der Waals surface area contributed by atoms with Crippen LogP contribution < -0.4 is 5.32 Å². The molecule has 1 N–H and O–H groups in total. The smallest absolute Gasteiger partial charge is 0.312 e. The highest BCUT2D eigenvalue weighted by atomic mass is 35.5. The number of nitrogens with zero attached hydrogens (tertiary/aromatic N) is 1. The van der Waals surface area contributed by atoms with Crippen molar-refractivity contribution in [2.75, 3.05) is 11.9 Å². The first-order chi connectivity index (χ1) is 13.8. The molecule has 2 atom stereocenters. The quantitative estimate of drug-likeness (QED) is 0.733. The fraction of sp³-hybridized carbons (Fsp3) is 0.318. The summed E-state index contributed by atoms with van der Waals surface area (Å²) < 4.78 is 5.32. The number of likely N-dealkylation sites (tertiary alicyclic amines) is 1. The van der Waals surface area contributed by atoms with E-state index in [0.717, 1.165) is 11.1 Å². The van der Waals surface area contributed by atoms with Gasteiger partial charge in [-0.1, -0.05) is 48.0 Å². The molecule has 152 valence electrons. The highest BCUT2D eigenvalue weighted by molar-refractivity contribution is 6.31. The minimum atomic E-state index is -0.987. The van der Waals surface area contributed by atoms with Gasteiger partial charge in [0.2, 0.25) is 5.91 Å². The number of nitrogens with one attached hydrogen (secondary N) is 1. The van der Waals surface area contributed by atoms with E-state index in [4.69, 9.17) is 16.3 Å². The zero-order chi connectivity index (χ0) is 21.0. The van der Waals surface area contributed by atoms with Crippen molar-refractivity contribution in [3.8, 4) is 0 Å². The van der Waals surface area contributed by atoms with E-state index in [1.165, 1.54) is 6.92 Å². The fourth-order valence-electron chi connectivity index (χ4n) is 3.17. The summed E-state index contributed by atoms with van der Waals surface area (Å²) in [5.41, 5.74) is 2.41. The highest BCUT2D eigenvalue weighted by Crippen LogP contribution is 2.23. The molecule has 6 nitrogen and oxygen atoms in total. The number of anilines is 1. The third-order valence-electron chi connectivity index (χ3n) is 4.88. The summed E-state index contributed by atoms with van der Waals surface area (Å²) in [6, 6.07) is 14.8. The van der Waals surface area contributed by atoms with Crippen LogP contribution in [-0.4, -0.2) is 35.3 Å². The Morgan fingerprint density at radius 1 is 1.24 bits per heavy atom. The molecule has 7 heteroatoms. The van der Waals surface area contributed by atoms with E-state index in [9.17, 15) is 14.4 Å². The summed E-state index contributed by atoms with van der Waals surface area (Å²) in [4.78, 5) is 38.8. The number of amides is 2. The van der Waals surface area contributed by atoms with Crippen molar-refractivity contribution in [3.05, 3.63) is 64.7 Å². The summed E-state index contributed by atoms with van der Waals surface area (Å²) in [6.45, 7) is 4.08. The number of halogens is 1. The Kier molecular flexibility index (Phi) is 6.54. The molecule has 29 heavy (non-hydrogen) atoms.